The van der Waals surface area contributed by atoms with Crippen molar-refractivity contribution in [1.29, 1.82) is 0 Å². The minimum absolute atomic E-state index is 0. The fourth-order valence-electron chi connectivity index (χ4n) is 5.25. The summed E-state index contributed by atoms with van der Waals surface area (Å²) in [6, 6.07) is 20.4. The molecule has 6 N–H and O–H groups in total. The molecule has 0 fully saturated rings. The van der Waals surface area contributed by atoms with Crippen molar-refractivity contribution in [2.75, 3.05) is 38.8 Å². The van der Waals surface area contributed by atoms with Gasteiger partial charge in [-0.05, 0) is 66.2 Å². The number of oxazole rings is 1. The summed E-state index contributed by atoms with van der Waals surface area (Å²) in [5, 5.41) is 5.93. The number of nitrogens with zero attached hydrogens (tertiary/aromatic N) is 2. The van der Waals surface area contributed by atoms with E-state index in [4.69, 9.17) is 13.6 Å². The van der Waals surface area contributed by atoms with Gasteiger partial charge in [0.05, 0.1) is 23.9 Å². The zero-order valence-electron chi connectivity index (χ0n) is 26.2. The second-order valence-corrected chi connectivity index (χ2v) is 11.0. The molecule has 0 aliphatic carbocycles. The number of halogens is 1. The average molecular weight is 661 g/mol. The van der Waals surface area contributed by atoms with Crippen LogP contribution in [0.2, 0.25) is 0 Å². The van der Waals surface area contributed by atoms with E-state index in [0.29, 0.717) is 61.7 Å². The second kappa shape index (κ2) is 14.0. The third-order valence-corrected chi connectivity index (χ3v) is 8.34. The van der Waals surface area contributed by atoms with Crippen LogP contribution in [-0.4, -0.2) is 62.3 Å². The molecule has 0 radical (unpaired) electrons. The highest BCUT2D eigenvalue weighted by molar-refractivity contribution is 7.99. The van der Waals surface area contributed by atoms with Crippen molar-refractivity contribution in [3.05, 3.63) is 89.7 Å². The van der Waals surface area contributed by atoms with Gasteiger partial charge in [0.2, 0.25) is 5.89 Å². The Morgan fingerprint density at radius 3 is 2.21 bits per heavy atom. The number of anilines is 1. The lowest BCUT2D eigenvalue weighted by Crippen LogP contribution is -2.18. The average Bonchev–Trinajstić information content (AvgIpc) is 3.67. The van der Waals surface area contributed by atoms with Crippen LogP contribution in [0.4, 0.5) is 10.1 Å². The van der Waals surface area contributed by atoms with Gasteiger partial charge in [-0.2, -0.15) is 0 Å². The van der Waals surface area contributed by atoms with Crippen molar-refractivity contribution in [1.82, 2.24) is 15.6 Å². The van der Waals surface area contributed by atoms with Gasteiger partial charge in [0.25, 0.3) is 11.8 Å². The van der Waals surface area contributed by atoms with Crippen molar-refractivity contribution in [2.45, 2.75) is 0 Å². The van der Waals surface area contributed by atoms with Crippen molar-refractivity contribution in [3.63, 3.8) is 0 Å². The molecule has 6 rings (SSSR count). The molecule has 0 saturated carbocycles. The Labute approximate surface area is 273 Å². The minimum Gasteiger partial charge on any atom is -0.496 e. The molecule has 2 amide bonds. The second-order valence-electron chi connectivity index (χ2n) is 10.1. The molecule has 0 saturated heterocycles. The molecule has 0 aliphatic heterocycles. The summed E-state index contributed by atoms with van der Waals surface area (Å²) in [5.41, 5.74) is 6.01. The molecular weight excluding hydrogens is 627 g/mol. The van der Waals surface area contributed by atoms with Crippen LogP contribution >= 0.6 is 11.9 Å². The monoisotopic (exact) mass is 660 g/mol. The zero-order valence-corrected chi connectivity index (χ0v) is 27.0. The molecule has 0 spiro atoms. The predicted molar refractivity (Wildman–Crippen MR) is 183 cm³/mol. The van der Waals surface area contributed by atoms with Crippen LogP contribution in [0.1, 0.15) is 20.7 Å². The van der Waals surface area contributed by atoms with Gasteiger partial charge in [-0.3, -0.25) is 9.59 Å². The number of amides is 2. The molecule has 2 aromatic heterocycles. The molecule has 0 aliphatic rings. The number of fused-ring (bicyclic) bond motifs is 2. The maximum Gasteiger partial charge on any atom is 0.255 e. The van der Waals surface area contributed by atoms with Gasteiger partial charge >= 0.3 is 0 Å². The van der Waals surface area contributed by atoms with Gasteiger partial charge in [0, 0.05) is 55.5 Å². The maximum atomic E-state index is 13.7. The van der Waals surface area contributed by atoms with Gasteiger partial charge in [-0.15, -0.1) is 0 Å². The van der Waals surface area contributed by atoms with Crippen molar-refractivity contribution in [3.8, 4) is 39.7 Å². The van der Waals surface area contributed by atoms with E-state index in [1.165, 1.54) is 24.1 Å². The Morgan fingerprint density at radius 2 is 1.55 bits per heavy atom. The largest absolute Gasteiger partial charge is 0.496 e. The number of furan rings is 1. The van der Waals surface area contributed by atoms with Crippen LogP contribution < -0.4 is 19.7 Å². The van der Waals surface area contributed by atoms with Crippen LogP contribution in [0, 0.1) is 5.82 Å². The molecule has 6 aromatic rings. The number of nitrogens with one attached hydrogen (secondary N) is 2. The van der Waals surface area contributed by atoms with Crippen LogP contribution in [0.25, 0.3) is 56.0 Å². The normalized spacial score (nSPS) is 10.7. The summed E-state index contributed by atoms with van der Waals surface area (Å²) < 4.78 is 33.8. The number of carbonyl (C=O) groups excluding carboxylic acids is 2. The molecule has 0 atom stereocenters. The van der Waals surface area contributed by atoms with Gasteiger partial charge in [0.15, 0.2) is 5.58 Å². The summed E-state index contributed by atoms with van der Waals surface area (Å²) in [6.45, 7) is 0. The molecular formula is C34H33FN4O7S. The van der Waals surface area contributed by atoms with Gasteiger partial charge in [0.1, 0.15) is 28.4 Å². The van der Waals surface area contributed by atoms with Gasteiger partial charge in [-0.25, -0.2) is 9.37 Å². The van der Waals surface area contributed by atoms with E-state index < -0.39 is 0 Å². The number of aromatic nitrogens is 1. The number of carbonyl (C=O) groups is 2. The van der Waals surface area contributed by atoms with Crippen molar-refractivity contribution < 1.29 is 38.5 Å². The van der Waals surface area contributed by atoms with Crippen LogP contribution in [0.5, 0.6) is 5.75 Å². The Kier molecular flexibility index (Phi) is 10.2. The molecule has 244 valence electrons. The number of methoxy groups -OCH3 is 1. The first-order valence-corrected chi connectivity index (χ1v) is 15.1. The lowest BCUT2D eigenvalue weighted by atomic mass is 9.97. The molecule has 11 nitrogen and oxygen atoms in total. The smallest absolute Gasteiger partial charge is 0.255 e. The lowest BCUT2D eigenvalue weighted by molar-refractivity contribution is 0.0955. The fraction of sp³-hybridized carbons (Fsp3) is 0.147. The van der Waals surface area contributed by atoms with Crippen molar-refractivity contribution >= 4 is 51.5 Å². The summed E-state index contributed by atoms with van der Waals surface area (Å²) in [7, 11) is 6.63. The number of rotatable bonds is 8. The Hall–Kier alpha value is -5.37. The summed E-state index contributed by atoms with van der Waals surface area (Å²) in [5.74, 6) is 0.273. The minimum atomic E-state index is -0.385. The predicted octanol–water partition coefficient (Wildman–Crippen LogP) is 5.51. The standard InChI is InChI=1S/C34H29FN4O5S.2H2O/c1-36-32(40)20-8-12-25-29(15-20)44-34(38-25)24-14-19(9-13-27(24)42-4)22-16-23-28(17-26(22)39(3)45-5)43-31(30(23)33(41)37-2)18-6-10-21(35)11-7-18;;/h6-17H,1-5H3,(H,36,40)(H,37,41);2*1H2. The van der Waals surface area contributed by atoms with E-state index in [1.807, 2.05) is 47.9 Å². The number of ether oxygens (including phenoxy) is 1. The zero-order chi connectivity index (χ0) is 31.8. The Balaban J connectivity index is 0.00000250. The summed E-state index contributed by atoms with van der Waals surface area (Å²) in [6.07, 6.45) is 1.96. The maximum absolute atomic E-state index is 13.7. The molecule has 13 heteroatoms. The molecule has 4 aromatic carbocycles. The summed E-state index contributed by atoms with van der Waals surface area (Å²) in [4.78, 5) is 30.1. The van der Waals surface area contributed by atoms with Crippen LogP contribution in [0.15, 0.2) is 81.6 Å². The molecule has 0 unspecified atom stereocenters. The van der Waals surface area contributed by atoms with E-state index in [9.17, 15) is 14.0 Å². The molecule has 47 heavy (non-hydrogen) atoms. The first kappa shape index (κ1) is 34.5. The first-order valence-electron chi connectivity index (χ1n) is 13.9. The van der Waals surface area contributed by atoms with Gasteiger partial charge < -0.3 is 39.5 Å². The Morgan fingerprint density at radius 1 is 0.851 bits per heavy atom. The van der Waals surface area contributed by atoms with E-state index in [1.54, 1.807) is 51.5 Å². The van der Waals surface area contributed by atoms with Crippen molar-refractivity contribution in [2.24, 2.45) is 0 Å². The Bertz CT molecular complexity index is 2090. The molecule has 0 bridgehead atoms. The topological polar surface area (TPSA) is 173 Å². The first-order chi connectivity index (χ1) is 21.8. The third-order valence-electron chi connectivity index (χ3n) is 7.60. The van der Waals surface area contributed by atoms with E-state index in [-0.39, 0.29) is 28.6 Å². The SMILES string of the molecule is CNC(=O)c1ccc2nc(-c3cc(-c4cc5c(C(=O)NC)c(-c6ccc(F)cc6)oc5cc4N(C)SC)ccc3OC)oc2c1.O.O. The van der Waals surface area contributed by atoms with Gasteiger partial charge in [-0.1, -0.05) is 18.0 Å². The highest BCUT2D eigenvalue weighted by Gasteiger charge is 2.25. The van der Waals surface area contributed by atoms with E-state index in [2.05, 4.69) is 15.6 Å². The van der Waals surface area contributed by atoms with E-state index >= 15 is 0 Å². The fourth-order valence-corrected chi connectivity index (χ4v) is 5.59. The summed E-state index contributed by atoms with van der Waals surface area (Å²) >= 11 is 1.51. The number of hydrogen-bond acceptors (Lipinski definition) is 8. The van der Waals surface area contributed by atoms with Crippen LogP contribution in [-0.2, 0) is 0 Å². The van der Waals surface area contributed by atoms with Crippen LogP contribution in [0.3, 0.4) is 0 Å². The highest BCUT2D eigenvalue weighted by atomic mass is 32.2. The number of hydrogen-bond donors (Lipinski definition) is 2. The lowest BCUT2D eigenvalue weighted by Gasteiger charge is -2.20. The number of benzene rings is 4. The highest BCUT2D eigenvalue weighted by Crippen LogP contribution is 2.44. The van der Waals surface area contributed by atoms with E-state index in [0.717, 1.165) is 16.8 Å². The third kappa shape index (κ3) is 6.23. The quantitative estimate of drug-likeness (QED) is 0.201. The molecule has 2 heterocycles.